The van der Waals surface area contributed by atoms with Crippen molar-refractivity contribution >= 4 is 5.84 Å². The number of hydrogen-bond donors (Lipinski definition) is 3. The van der Waals surface area contributed by atoms with Gasteiger partial charge in [-0.05, 0) is 12.8 Å². The average Bonchev–Trinajstić information content (AvgIpc) is 2.20. The maximum Gasteiger partial charge on any atom is 0.0905 e. The number of aliphatic hydroxyl groups excluding tert-OH is 1. The molecule has 0 aromatic heterocycles. The molecular weight excluding hydrogens is 188 g/mol. The highest BCUT2D eigenvalue weighted by Gasteiger charge is 1.93. The number of amidine groups is 1. The second-order valence-corrected chi connectivity index (χ2v) is 4.18. The molecule has 0 rings (SSSR count). The zero-order chi connectivity index (χ0) is 11.4. The molecule has 0 saturated carbocycles. The van der Waals surface area contributed by atoms with Crippen LogP contribution >= 0.6 is 0 Å². The van der Waals surface area contributed by atoms with Crippen molar-refractivity contribution in [3.63, 3.8) is 0 Å². The topological polar surface area (TPSA) is 70.1 Å². The number of hydrogen-bond acceptors (Lipinski definition) is 2. The van der Waals surface area contributed by atoms with E-state index in [1.165, 1.54) is 44.9 Å². The van der Waals surface area contributed by atoms with E-state index in [9.17, 15) is 0 Å². The molecule has 90 valence electrons. The standard InChI is InChI=1S/C12H26N2O/c13-12(14)10-8-6-4-2-1-3-5-7-9-11-15/h15H,1-11H2,(H3,13,14). The van der Waals surface area contributed by atoms with Gasteiger partial charge in [-0.1, -0.05) is 44.9 Å². The quantitative estimate of drug-likeness (QED) is 0.281. The lowest BCUT2D eigenvalue weighted by molar-refractivity contribution is 0.282. The van der Waals surface area contributed by atoms with Gasteiger partial charge in [0.25, 0.3) is 0 Å². The highest BCUT2D eigenvalue weighted by atomic mass is 16.2. The van der Waals surface area contributed by atoms with Gasteiger partial charge in [0.05, 0.1) is 5.84 Å². The molecule has 3 heteroatoms. The van der Waals surface area contributed by atoms with Crippen molar-refractivity contribution in [2.45, 2.75) is 64.2 Å². The second-order valence-electron chi connectivity index (χ2n) is 4.18. The number of nitrogens with one attached hydrogen (secondary N) is 1. The van der Waals surface area contributed by atoms with Crippen molar-refractivity contribution in [2.24, 2.45) is 5.73 Å². The van der Waals surface area contributed by atoms with Crippen molar-refractivity contribution < 1.29 is 5.11 Å². The molecule has 0 saturated heterocycles. The van der Waals surface area contributed by atoms with E-state index < -0.39 is 0 Å². The molecule has 0 aliphatic rings. The molecule has 0 aromatic carbocycles. The Morgan fingerprint density at radius 3 is 1.60 bits per heavy atom. The lowest BCUT2D eigenvalue weighted by Crippen LogP contribution is -2.08. The molecule has 3 nitrogen and oxygen atoms in total. The molecule has 0 amide bonds. The van der Waals surface area contributed by atoms with E-state index in [0.29, 0.717) is 12.4 Å². The van der Waals surface area contributed by atoms with Gasteiger partial charge in [-0.15, -0.1) is 0 Å². The molecule has 0 bridgehead atoms. The van der Waals surface area contributed by atoms with Crippen LogP contribution in [0.3, 0.4) is 0 Å². The van der Waals surface area contributed by atoms with Crippen molar-refractivity contribution in [1.29, 1.82) is 5.41 Å². The van der Waals surface area contributed by atoms with E-state index >= 15 is 0 Å². The summed E-state index contributed by atoms with van der Waals surface area (Å²) in [5.41, 5.74) is 5.26. The van der Waals surface area contributed by atoms with Crippen molar-refractivity contribution in [3.05, 3.63) is 0 Å². The third-order valence-corrected chi connectivity index (χ3v) is 2.60. The van der Waals surface area contributed by atoms with Crippen LogP contribution in [0.2, 0.25) is 0 Å². The number of rotatable bonds is 11. The highest BCUT2D eigenvalue weighted by molar-refractivity contribution is 5.76. The van der Waals surface area contributed by atoms with E-state index in [1.54, 1.807) is 0 Å². The summed E-state index contributed by atoms with van der Waals surface area (Å²) in [4.78, 5) is 0. The number of nitrogens with two attached hydrogens (primary N) is 1. The monoisotopic (exact) mass is 214 g/mol. The third kappa shape index (κ3) is 13.4. The van der Waals surface area contributed by atoms with Crippen molar-refractivity contribution in [1.82, 2.24) is 0 Å². The number of unbranched alkanes of at least 4 members (excludes halogenated alkanes) is 8. The summed E-state index contributed by atoms with van der Waals surface area (Å²) >= 11 is 0. The predicted octanol–water partition coefficient (Wildman–Crippen LogP) is 2.82. The first-order valence-corrected chi connectivity index (χ1v) is 6.21. The Hall–Kier alpha value is -0.570. The van der Waals surface area contributed by atoms with Crippen LogP contribution in [0.1, 0.15) is 64.2 Å². The Kier molecular flexibility index (Phi) is 11.1. The van der Waals surface area contributed by atoms with Crippen LogP contribution in [-0.2, 0) is 0 Å². The lowest BCUT2D eigenvalue weighted by Gasteiger charge is -2.01. The van der Waals surface area contributed by atoms with Crippen LogP contribution in [0, 0.1) is 5.41 Å². The van der Waals surface area contributed by atoms with E-state index in [-0.39, 0.29) is 0 Å². The van der Waals surface area contributed by atoms with E-state index in [4.69, 9.17) is 16.2 Å². The molecule has 0 aliphatic heterocycles. The molecule has 0 aliphatic carbocycles. The second kappa shape index (κ2) is 11.5. The van der Waals surface area contributed by atoms with Gasteiger partial charge in [0, 0.05) is 13.0 Å². The fourth-order valence-electron chi connectivity index (χ4n) is 1.66. The Labute approximate surface area is 93.6 Å². The first-order valence-electron chi connectivity index (χ1n) is 6.21. The zero-order valence-electron chi connectivity index (χ0n) is 9.80. The molecule has 0 radical (unpaired) electrons. The zero-order valence-corrected chi connectivity index (χ0v) is 9.80. The van der Waals surface area contributed by atoms with Crippen LogP contribution in [0.5, 0.6) is 0 Å². The fraction of sp³-hybridized carbons (Fsp3) is 0.917. The SMILES string of the molecule is N=C(N)CCCCCCCCCCCO. The largest absolute Gasteiger partial charge is 0.396 e. The molecule has 4 N–H and O–H groups in total. The Bertz CT molecular complexity index is 149. The molecule has 0 spiro atoms. The highest BCUT2D eigenvalue weighted by Crippen LogP contribution is 2.10. The third-order valence-electron chi connectivity index (χ3n) is 2.60. The average molecular weight is 214 g/mol. The minimum Gasteiger partial charge on any atom is -0.396 e. The summed E-state index contributed by atoms with van der Waals surface area (Å²) in [5.74, 6) is 0.319. The van der Waals surface area contributed by atoms with Gasteiger partial charge >= 0.3 is 0 Å². The molecule has 0 aromatic rings. The summed E-state index contributed by atoms with van der Waals surface area (Å²) in [6.07, 6.45) is 11.6. The van der Waals surface area contributed by atoms with Gasteiger partial charge < -0.3 is 10.8 Å². The minimum absolute atomic E-state index is 0.319. The summed E-state index contributed by atoms with van der Waals surface area (Å²) < 4.78 is 0. The number of aliphatic hydroxyl groups is 1. The summed E-state index contributed by atoms with van der Waals surface area (Å²) in [6, 6.07) is 0. The Morgan fingerprint density at radius 2 is 1.20 bits per heavy atom. The van der Waals surface area contributed by atoms with Crippen LogP contribution in [-0.4, -0.2) is 17.5 Å². The van der Waals surface area contributed by atoms with E-state index in [1.807, 2.05) is 0 Å². The smallest absolute Gasteiger partial charge is 0.0905 e. The van der Waals surface area contributed by atoms with Gasteiger partial charge in [0.15, 0.2) is 0 Å². The summed E-state index contributed by atoms with van der Waals surface area (Å²) in [6.45, 7) is 0.338. The van der Waals surface area contributed by atoms with Crippen LogP contribution in [0.15, 0.2) is 0 Å². The lowest BCUT2D eigenvalue weighted by atomic mass is 10.1. The molecule has 0 unspecified atom stereocenters. The van der Waals surface area contributed by atoms with E-state index in [2.05, 4.69) is 0 Å². The molecule has 0 fully saturated rings. The van der Waals surface area contributed by atoms with E-state index in [0.717, 1.165) is 19.3 Å². The van der Waals surface area contributed by atoms with Crippen LogP contribution in [0.4, 0.5) is 0 Å². The van der Waals surface area contributed by atoms with Crippen molar-refractivity contribution in [2.75, 3.05) is 6.61 Å². The van der Waals surface area contributed by atoms with Gasteiger partial charge in [-0.2, -0.15) is 0 Å². The molecule has 0 heterocycles. The first-order chi connectivity index (χ1) is 7.27. The minimum atomic E-state index is 0.319. The maximum atomic E-state index is 8.58. The summed E-state index contributed by atoms with van der Waals surface area (Å²) in [5, 5.41) is 15.6. The van der Waals surface area contributed by atoms with Crippen LogP contribution < -0.4 is 5.73 Å². The van der Waals surface area contributed by atoms with Crippen molar-refractivity contribution in [3.8, 4) is 0 Å². The first kappa shape index (κ1) is 14.4. The molecule has 0 atom stereocenters. The normalized spacial score (nSPS) is 10.5. The molecule has 15 heavy (non-hydrogen) atoms. The van der Waals surface area contributed by atoms with Crippen LogP contribution in [0.25, 0.3) is 0 Å². The van der Waals surface area contributed by atoms with Gasteiger partial charge in [-0.25, -0.2) is 0 Å². The Balaban J connectivity index is 2.89. The Morgan fingerprint density at radius 1 is 0.800 bits per heavy atom. The fourth-order valence-corrected chi connectivity index (χ4v) is 1.66. The maximum absolute atomic E-state index is 8.58. The van der Waals surface area contributed by atoms with Gasteiger partial charge in [0.2, 0.25) is 0 Å². The summed E-state index contributed by atoms with van der Waals surface area (Å²) in [7, 11) is 0. The van der Waals surface area contributed by atoms with Gasteiger partial charge in [0.1, 0.15) is 0 Å². The predicted molar refractivity (Wildman–Crippen MR) is 65.2 cm³/mol. The van der Waals surface area contributed by atoms with Gasteiger partial charge in [-0.3, -0.25) is 5.41 Å². The molecular formula is C12H26N2O.